The van der Waals surface area contributed by atoms with Gasteiger partial charge in [-0.25, -0.2) is 4.98 Å². The molecule has 2 aromatic rings. The highest BCUT2D eigenvalue weighted by Gasteiger charge is 2.11. The number of anilines is 1. The summed E-state index contributed by atoms with van der Waals surface area (Å²) < 4.78 is 0. The SMILES string of the molecule is CC(=O)c1cccc(NC(=O)c2csc(CN)n2)c1. The molecule has 0 saturated heterocycles. The second-order valence-corrected chi connectivity index (χ2v) is 4.86. The second-order valence-electron chi connectivity index (χ2n) is 3.92. The highest BCUT2D eigenvalue weighted by Crippen LogP contribution is 2.14. The second kappa shape index (κ2) is 5.73. The molecule has 1 heterocycles. The van der Waals surface area contributed by atoms with Crippen LogP contribution in [0.5, 0.6) is 0 Å². The van der Waals surface area contributed by atoms with E-state index in [0.29, 0.717) is 28.5 Å². The fourth-order valence-electron chi connectivity index (χ4n) is 1.52. The molecular weight excluding hydrogens is 262 g/mol. The van der Waals surface area contributed by atoms with Gasteiger partial charge in [0.2, 0.25) is 0 Å². The summed E-state index contributed by atoms with van der Waals surface area (Å²) in [7, 11) is 0. The Kier molecular flexibility index (Phi) is 4.03. The van der Waals surface area contributed by atoms with E-state index in [9.17, 15) is 9.59 Å². The third kappa shape index (κ3) is 3.24. The molecule has 0 aliphatic heterocycles. The van der Waals surface area contributed by atoms with Crippen LogP contribution in [-0.4, -0.2) is 16.7 Å². The van der Waals surface area contributed by atoms with Gasteiger partial charge in [0.05, 0.1) is 0 Å². The van der Waals surface area contributed by atoms with Crippen LogP contribution in [-0.2, 0) is 6.54 Å². The first-order valence-electron chi connectivity index (χ1n) is 5.67. The van der Waals surface area contributed by atoms with Gasteiger partial charge in [-0.15, -0.1) is 11.3 Å². The van der Waals surface area contributed by atoms with Gasteiger partial charge in [0.1, 0.15) is 10.7 Å². The number of carbonyl (C=O) groups excluding carboxylic acids is 2. The lowest BCUT2D eigenvalue weighted by atomic mass is 10.1. The number of carbonyl (C=O) groups is 2. The molecule has 0 atom stereocenters. The van der Waals surface area contributed by atoms with Gasteiger partial charge in [0, 0.05) is 23.2 Å². The highest BCUT2D eigenvalue weighted by molar-refractivity contribution is 7.09. The van der Waals surface area contributed by atoms with Gasteiger partial charge in [-0.2, -0.15) is 0 Å². The average Bonchev–Trinajstić information content (AvgIpc) is 2.88. The number of nitrogens with one attached hydrogen (secondary N) is 1. The summed E-state index contributed by atoms with van der Waals surface area (Å²) in [5, 5.41) is 5.07. The van der Waals surface area contributed by atoms with Crippen molar-refractivity contribution in [3.63, 3.8) is 0 Å². The molecule has 0 aliphatic carbocycles. The van der Waals surface area contributed by atoms with Gasteiger partial charge in [0.15, 0.2) is 5.78 Å². The fraction of sp³-hybridized carbons (Fsp3) is 0.154. The summed E-state index contributed by atoms with van der Waals surface area (Å²) in [6.45, 7) is 1.80. The number of thiazole rings is 1. The van der Waals surface area contributed by atoms with Crippen molar-refractivity contribution in [2.45, 2.75) is 13.5 Å². The van der Waals surface area contributed by atoms with Crippen LogP contribution >= 0.6 is 11.3 Å². The van der Waals surface area contributed by atoms with E-state index in [0.717, 1.165) is 0 Å². The molecule has 0 unspecified atom stereocenters. The number of nitrogens with zero attached hydrogens (tertiary/aromatic N) is 1. The summed E-state index contributed by atoms with van der Waals surface area (Å²) in [5.41, 5.74) is 6.90. The van der Waals surface area contributed by atoms with E-state index in [4.69, 9.17) is 5.73 Å². The molecule has 0 fully saturated rings. The van der Waals surface area contributed by atoms with E-state index < -0.39 is 0 Å². The summed E-state index contributed by atoms with van der Waals surface area (Å²) in [5.74, 6) is -0.355. The van der Waals surface area contributed by atoms with Gasteiger partial charge in [-0.1, -0.05) is 12.1 Å². The smallest absolute Gasteiger partial charge is 0.275 e. The lowest BCUT2D eigenvalue weighted by Crippen LogP contribution is -2.13. The van der Waals surface area contributed by atoms with Crippen LogP contribution in [0, 0.1) is 0 Å². The Morgan fingerprint density at radius 3 is 2.84 bits per heavy atom. The van der Waals surface area contributed by atoms with Crippen molar-refractivity contribution >= 4 is 28.7 Å². The average molecular weight is 275 g/mol. The molecule has 2 rings (SSSR count). The Morgan fingerprint density at radius 2 is 2.21 bits per heavy atom. The van der Waals surface area contributed by atoms with E-state index in [1.807, 2.05) is 0 Å². The molecule has 3 N–H and O–H groups in total. The number of nitrogens with two attached hydrogens (primary N) is 1. The maximum Gasteiger partial charge on any atom is 0.275 e. The van der Waals surface area contributed by atoms with E-state index in [1.165, 1.54) is 18.3 Å². The van der Waals surface area contributed by atoms with Crippen LogP contribution in [0.15, 0.2) is 29.6 Å². The molecule has 1 aromatic heterocycles. The number of rotatable bonds is 4. The van der Waals surface area contributed by atoms with Gasteiger partial charge in [-0.05, 0) is 19.1 Å². The van der Waals surface area contributed by atoms with E-state index >= 15 is 0 Å². The normalized spacial score (nSPS) is 10.2. The Hall–Kier alpha value is -2.05. The molecular formula is C13H13N3O2S. The van der Waals surface area contributed by atoms with Crippen LogP contribution < -0.4 is 11.1 Å². The molecule has 0 radical (unpaired) electrons. The van der Waals surface area contributed by atoms with Crippen LogP contribution in [0.1, 0.15) is 32.8 Å². The van der Waals surface area contributed by atoms with Crippen LogP contribution in [0.3, 0.4) is 0 Å². The van der Waals surface area contributed by atoms with Gasteiger partial charge in [-0.3, -0.25) is 9.59 Å². The van der Waals surface area contributed by atoms with Gasteiger partial charge in [0.25, 0.3) is 5.91 Å². The topological polar surface area (TPSA) is 85.1 Å². The predicted octanol–water partition coefficient (Wildman–Crippen LogP) is 2.06. The quantitative estimate of drug-likeness (QED) is 0.836. The lowest BCUT2D eigenvalue weighted by Gasteiger charge is -2.04. The minimum Gasteiger partial charge on any atom is -0.325 e. The largest absolute Gasteiger partial charge is 0.325 e. The molecule has 0 spiro atoms. The number of Topliss-reactive ketones (excluding diaryl/α,β-unsaturated/α-hetero) is 1. The molecule has 1 amide bonds. The number of aromatic nitrogens is 1. The van der Waals surface area contributed by atoms with E-state index in [2.05, 4.69) is 10.3 Å². The number of hydrogen-bond donors (Lipinski definition) is 2. The molecule has 98 valence electrons. The molecule has 0 bridgehead atoms. The summed E-state index contributed by atoms with van der Waals surface area (Å²) in [6.07, 6.45) is 0. The fourth-order valence-corrected chi connectivity index (χ4v) is 2.17. The van der Waals surface area contributed by atoms with Gasteiger partial charge >= 0.3 is 0 Å². The molecule has 0 aliphatic rings. The van der Waals surface area contributed by atoms with Crippen molar-refractivity contribution in [1.29, 1.82) is 0 Å². The van der Waals surface area contributed by atoms with E-state index in [1.54, 1.807) is 29.6 Å². The first kappa shape index (κ1) is 13.4. The lowest BCUT2D eigenvalue weighted by molar-refractivity contribution is 0.100. The zero-order chi connectivity index (χ0) is 13.8. The zero-order valence-electron chi connectivity index (χ0n) is 10.3. The number of benzene rings is 1. The Bertz CT molecular complexity index is 622. The standard InChI is InChI=1S/C13H13N3O2S/c1-8(17)9-3-2-4-10(5-9)15-13(18)11-7-19-12(6-14)16-11/h2-5,7H,6,14H2,1H3,(H,15,18). The van der Waals surface area contributed by atoms with Gasteiger partial charge < -0.3 is 11.1 Å². The molecule has 0 saturated carbocycles. The molecule has 6 heteroatoms. The Balaban J connectivity index is 2.14. The number of ketones is 1. The molecule has 19 heavy (non-hydrogen) atoms. The Labute approximate surface area is 114 Å². The van der Waals surface area contributed by atoms with Crippen LogP contribution in [0.4, 0.5) is 5.69 Å². The zero-order valence-corrected chi connectivity index (χ0v) is 11.2. The first-order valence-corrected chi connectivity index (χ1v) is 6.55. The Morgan fingerprint density at radius 1 is 1.42 bits per heavy atom. The monoisotopic (exact) mass is 275 g/mol. The summed E-state index contributed by atoms with van der Waals surface area (Å²) in [4.78, 5) is 27.3. The van der Waals surface area contributed by atoms with Crippen molar-refractivity contribution in [3.8, 4) is 0 Å². The van der Waals surface area contributed by atoms with Crippen molar-refractivity contribution in [2.75, 3.05) is 5.32 Å². The van der Waals surface area contributed by atoms with Crippen LogP contribution in [0.2, 0.25) is 0 Å². The molecule has 5 nitrogen and oxygen atoms in total. The minimum atomic E-state index is -0.309. The van der Waals surface area contributed by atoms with Crippen molar-refractivity contribution < 1.29 is 9.59 Å². The maximum absolute atomic E-state index is 11.9. The van der Waals surface area contributed by atoms with E-state index in [-0.39, 0.29) is 11.7 Å². The number of hydrogen-bond acceptors (Lipinski definition) is 5. The van der Waals surface area contributed by atoms with Crippen LogP contribution in [0.25, 0.3) is 0 Å². The maximum atomic E-state index is 11.9. The van der Waals surface area contributed by atoms with Crippen molar-refractivity contribution in [3.05, 3.63) is 45.9 Å². The molecule has 1 aromatic carbocycles. The highest BCUT2D eigenvalue weighted by atomic mass is 32.1. The number of amides is 1. The third-order valence-electron chi connectivity index (χ3n) is 2.49. The predicted molar refractivity (Wildman–Crippen MR) is 74.4 cm³/mol. The minimum absolute atomic E-state index is 0.0461. The van der Waals surface area contributed by atoms with Crippen molar-refractivity contribution in [1.82, 2.24) is 4.98 Å². The summed E-state index contributed by atoms with van der Waals surface area (Å²) in [6, 6.07) is 6.78. The summed E-state index contributed by atoms with van der Waals surface area (Å²) >= 11 is 1.35. The van der Waals surface area contributed by atoms with Crippen molar-refractivity contribution in [2.24, 2.45) is 5.73 Å². The first-order chi connectivity index (χ1) is 9.10. The third-order valence-corrected chi connectivity index (χ3v) is 3.36.